The third-order valence-electron chi connectivity index (χ3n) is 5.22. The van der Waals surface area contributed by atoms with Crippen molar-refractivity contribution in [1.29, 1.82) is 0 Å². The molecule has 0 aliphatic heterocycles. The van der Waals surface area contributed by atoms with Crippen LogP contribution < -0.4 is 4.74 Å². The molecule has 2 amide bonds. The maximum atomic E-state index is 13.1. The van der Waals surface area contributed by atoms with Gasteiger partial charge in [0.25, 0.3) is 11.8 Å². The highest BCUT2D eigenvalue weighted by molar-refractivity contribution is 5.95. The predicted octanol–water partition coefficient (Wildman–Crippen LogP) is 4.94. The number of nitrogens with zero attached hydrogens (tertiary/aromatic N) is 2. The minimum atomic E-state index is -0.0537. The molecule has 0 saturated heterocycles. The lowest BCUT2D eigenvalue weighted by Gasteiger charge is -2.21. The molecule has 0 heterocycles. The van der Waals surface area contributed by atoms with E-state index in [0.717, 1.165) is 11.1 Å². The van der Waals surface area contributed by atoms with Crippen molar-refractivity contribution in [2.24, 2.45) is 0 Å². The molecule has 0 aliphatic carbocycles. The van der Waals surface area contributed by atoms with Gasteiger partial charge in [-0.1, -0.05) is 48.0 Å². The largest absolute Gasteiger partial charge is 0.489 e. The second kappa shape index (κ2) is 10.6. The molecule has 0 spiro atoms. The van der Waals surface area contributed by atoms with Crippen molar-refractivity contribution < 1.29 is 14.3 Å². The molecule has 0 atom stereocenters. The lowest BCUT2D eigenvalue weighted by molar-refractivity contribution is 0.0751. The molecule has 3 rings (SSSR count). The van der Waals surface area contributed by atoms with E-state index in [0.29, 0.717) is 36.6 Å². The Kier molecular flexibility index (Phi) is 7.66. The van der Waals surface area contributed by atoms with Crippen molar-refractivity contribution in [1.82, 2.24) is 9.80 Å². The predicted molar refractivity (Wildman–Crippen MR) is 127 cm³/mol. The average Bonchev–Trinajstić information content (AvgIpc) is 2.81. The van der Waals surface area contributed by atoms with E-state index < -0.39 is 0 Å². The van der Waals surface area contributed by atoms with Crippen molar-refractivity contribution in [3.8, 4) is 5.75 Å². The lowest BCUT2D eigenvalue weighted by atomic mass is 10.1. The van der Waals surface area contributed by atoms with Gasteiger partial charge in [-0.2, -0.15) is 0 Å². The molecular weight excluding hydrogens is 400 g/mol. The Morgan fingerprint density at radius 3 is 2.19 bits per heavy atom. The summed E-state index contributed by atoms with van der Waals surface area (Å²) >= 11 is 0. The molecule has 0 aromatic heterocycles. The molecule has 0 aliphatic rings. The summed E-state index contributed by atoms with van der Waals surface area (Å²) in [6.07, 6.45) is 0. The summed E-state index contributed by atoms with van der Waals surface area (Å²) in [5.74, 6) is 0.573. The standard InChI is InChI=1S/C27H30N2O3/c1-5-29(18-21-12-14-23(15-13-21)26(30)28(3)4)27(31)24-10-7-11-25(17-24)32-19-22-9-6-8-20(2)16-22/h6-17H,5,18-19H2,1-4H3. The second-order valence-corrected chi connectivity index (χ2v) is 8.02. The highest BCUT2D eigenvalue weighted by atomic mass is 16.5. The molecule has 3 aromatic rings. The van der Waals surface area contributed by atoms with Crippen LogP contribution in [0.2, 0.25) is 0 Å². The number of ether oxygens (including phenoxy) is 1. The van der Waals surface area contributed by atoms with Gasteiger partial charge in [0.15, 0.2) is 0 Å². The highest BCUT2D eigenvalue weighted by Crippen LogP contribution is 2.18. The monoisotopic (exact) mass is 430 g/mol. The Labute approximate surface area is 190 Å². The number of aryl methyl sites for hydroxylation is 1. The quantitative estimate of drug-likeness (QED) is 0.509. The van der Waals surface area contributed by atoms with E-state index in [-0.39, 0.29) is 11.8 Å². The van der Waals surface area contributed by atoms with Crippen LogP contribution in [0.4, 0.5) is 0 Å². The van der Waals surface area contributed by atoms with Gasteiger partial charge in [0.05, 0.1) is 0 Å². The third kappa shape index (κ3) is 5.97. The van der Waals surface area contributed by atoms with Gasteiger partial charge in [-0.3, -0.25) is 9.59 Å². The Morgan fingerprint density at radius 2 is 1.53 bits per heavy atom. The molecule has 0 fully saturated rings. The van der Waals surface area contributed by atoms with Crippen LogP contribution in [-0.4, -0.2) is 42.3 Å². The van der Waals surface area contributed by atoms with Gasteiger partial charge in [-0.15, -0.1) is 0 Å². The topological polar surface area (TPSA) is 49.9 Å². The highest BCUT2D eigenvalue weighted by Gasteiger charge is 2.16. The molecule has 5 nitrogen and oxygen atoms in total. The van der Waals surface area contributed by atoms with Gasteiger partial charge in [0.1, 0.15) is 12.4 Å². The average molecular weight is 431 g/mol. The van der Waals surface area contributed by atoms with E-state index in [2.05, 4.69) is 19.1 Å². The molecule has 0 N–H and O–H groups in total. The maximum absolute atomic E-state index is 13.1. The molecular formula is C27H30N2O3. The zero-order chi connectivity index (χ0) is 23.1. The molecule has 166 valence electrons. The summed E-state index contributed by atoms with van der Waals surface area (Å²) in [6, 6.07) is 22.9. The number of carbonyl (C=O) groups excluding carboxylic acids is 2. The van der Waals surface area contributed by atoms with Gasteiger partial charge >= 0.3 is 0 Å². The zero-order valence-corrected chi connectivity index (χ0v) is 19.2. The van der Waals surface area contributed by atoms with Crippen LogP contribution in [0, 0.1) is 6.92 Å². The van der Waals surface area contributed by atoms with Crippen LogP contribution >= 0.6 is 0 Å². The van der Waals surface area contributed by atoms with E-state index in [1.165, 1.54) is 5.56 Å². The first kappa shape index (κ1) is 23.1. The number of hydrogen-bond acceptors (Lipinski definition) is 3. The minimum absolute atomic E-state index is 0.0394. The third-order valence-corrected chi connectivity index (χ3v) is 5.22. The Hall–Kier alpha value is -3.60. The summed E-state index contributed by atoms with van der Waals surface area (Å²) in [5.41, 5.74) is 4.47. The number of benzene rings is 3. The molecule has 5 heteroatoms. The van der Waals surface area contributed by atoms with Crippen LogP contribution in [0.25, 0.3) is 0 Å². The lowest BCUT2D eigenvalue weighted by Crippen LogP contribution is -2.30. The SMILES string of the molecule is CCN(Cc1ccc(C(=O)N(C)C)cc1)C(=O)c1cccc(OCc2cccc(C)c2)c1. The number of amides is 2. The fourth-order valence-electron chi connectivity index (χ4n) is 3.43. The van der Waals surface area contributed by atoms with Gasteiger partial charge in [-0.05, 0) is 55.3 Å². The van der Waals surface area contributed by atoms with E-state index in [9.17, 15) is 9.59 Å². The van der Waals surface area contributed by atoms with Crippen LogP contribution in [-0.2, 0) is 13.2 Å². The second-order valence-electron chi connectivity index (χ2n) is 8.02. The summed E-state index contributed by atoms with van der Waals surface area (Å²) in [6.45, 7) is 5.51. The Morgan fingerprint density at radius 1 is 0.812 bits per heavy atom. The van der Waals surface area contributed by atoms with Gasteiger partial charge in [0.2, 0.25) is 0 Å². The summed E-state index contributed by atoms with van der Waals surface area (Å²) in [5, 5.41) is 0. The number of hydrogen-bond donors (Lipinski definition) is 0. The van der Waals surface area contributed by atoms with Crippen molar-refractivity contribution in [2.75, 3.05) is 20.6 Å². The van der Waals surface area contributed by atoms with Crippen molar-refractivity contribution in [2.45, 2.75) is 27.0 Å². The molecule has 3 aromatic carbocycles. The van der Waals surface area contributed by atoms with Crippen LogP contribution in [0.1, 0.15) is 44.3 Å². The molecule has 0 saturated carbocycles. The summed E-state index contributed by atoms with van der Waals surface area (Å²) in [4.78, 5) is 28.5. The smallest absolute Gasteiger partial charge is 0.254 e. The zero-order valence-electron chi connectivity index (χ0n) is 19.2. The van der Waals surface area contributed by atoms with E-state index in [4.69, 9.17) is 4.74 Å². The fourth-order valence-corrected chi connectivity index (χ4v) is 3.43. The number of rotatable bonds is 8. The van der Waals surface area contributed by atoms with Gasteiger partial charge < -0.3 is 14.5 Å². The normalized spacial score (nSPS) is 10.5. The molecule has 32 heavy (non-hydrogen) atoms. The van der Waals surface area contributed by atoms with Gasteiger partial charge in [0, 0.05) is 38.3 Å². The first-order valence-electron chi connectivity index (χ1n) is 10.8. The molecule has 0 bridgehead atoms. The van der Waals surface area contributed by atoms with E-state index in [1.807, 2.05) is 49.4 Å². The fraction of sp³-hybridized carbons (Fsp3) is 0.259. The summed E-state index contributed by atoms with van der Waals surface area (Å²) in [7, 11) is 3.46. The Bertz CT molecular complexity index is 1070. The molecule has 0 unspecified atom stereocenters. The maximum Gasteiger partial charge on any atom is 0.254 e. The van der Waals surface area contributed by atoms with Crippen molar-refractivity contribution >= 4 is 11.8 Å². The van der Waals surface area contributed by atoms with Crippen LogP contribution in [0.15, 0.2) is 72.8 Å². The van der Waals surface area contributed by atoms with Crippen LogP contribution in [0.3, 0.4) is 0 Å². The minimum Gasteiger partial charge on any atom is -0.489 e. The van der Waals surface area contributed by atoms with E-state index in [1.54, 1.807) is 42.1 Å². The Balaban J connectivity index is 1.67. The summed E-state index contributed by atoms with van der Waals surface area (Å²) < 4.78 is 5.92. The first-order chi connectivity index (χ1) is 15.4. The first-order valence-corrected chi connectivity index (χ1v) is 10.8. The molecule has 0 radical (unpaired) electrons. The van der Waals surface area contributed by atoms with E-state index >= 15 is 0 Å². The van der Waals surface area contributed by atoms with Crippen molar-refractivity contribution in [3.63, 3.8) is 0 Å². The number of carbonyl (C=O) groups is 2. The van der Waals surface area contributed by atoms with Gasteiger partial charge in [-0.25, -0.2) is 0 Å². The van der Waals surface area contributed by atoms with Crippen LogP contribution in [0.5, 0.6) is 5.75 Å². The van der Waals surface area contributed by atoms with Crippen molar-refractivity contribution in [3.05, 3.63) is 101 Å².